The lowest BCUT2D eigenvalue weighted by Crippen LogP contribution is -2.12. The smallest absolute Gasteiger partial charge is 0.292 e. The molecule has 8 heteroatoms. The van der Waals surface area contributed by atoms with Gasteiger partial charge >= 0.3 is 0 Å². The third-order valence-corrected chi connectivity index (χ3v) is 4.19. The second-order valence-corrected chi connectivity index (χ2v) is 6.01. The van der Waals surface area contributed by atoms with Crippen molar-refractivity contribution in [3.63, 3.8) is 0 Å². The number of nitro benzene ring substituents is 1. The minimum absolute atomic E-state index is 0.0158. The van der Waals surface area contributed by atoms with Gasteiger partial charge in [0, 0.05) is 11.6 Å². The number of amides is 1. The van der Waals surface area contributed by atoms with Gasteiger partial charge < -0.3 is 5.73 Å². The molecule has 2 aromatic carbocycles. The van der Waals surface area contributed by atoms with Crippen LogP contribution in [0.4, 0.5) is 16.5 Å². The highest BCUT2D eigenvalue weighted by Crippen LogP contribution is 2.28. The topological polar surface area (TPSA) is 111 Å². The van der Waals surface area contributed by atoms with Gasteiger partial charge in [0.25, 0.3) is 11.6 Å². The van der Waals surface area contributed by atoms with E-state index in [0.29, 0.717) is 5.13 Å². The minimum Gasteiger partial charge on any atom is -0.393 e. The predicted molar refractivity (Wildman–Crippen MR) is 89.8 cm³/mol. The fourth-order valence-electron chi connectivity index (χ4n) is 2.10. The van der Waals surface area contributed by atoms with E-state index >= 15 is 0 Å². The second-order valence-electron chi connectivity index (χ2n) is 4.98. The Morgan fingerprint density at radius 3 is 2.83 bits per heavy atom. The molecule has 116 valence electrons. The summed E-state index contributed by atoms with van der Waals surface area (Å²) in [5.74, 6) is -0.469. The number of nitrogens with one attached hydrogen (secondary N) is 1. The molecular formula is C15H12N4O3S. The number of hydrogen-bond donors (Lipinski definition) is 2. The Labute approximate surface area is 134 Å². The van der Waals surface area contributed by atoms with Crippen LogP contribution in [-0.4, -0.2) is 15.8 Å². The molecule has 3 aromatic rings. The number of nitro groups is 1. The summed E-state index contributed by atoms with van der Waals surface area (Å²) in [6, 6.07) is 9.74. The van der Waals surface area contributed by atoms with Crippen molar-refractivity contribution in [2.45, 2.75) is 6.92 Å². The first-order valence-corrected chi connectivity index (χ1v) is 7.48. The highest BCUT2D eigenvalue weighted by atomic mass is 32.1. The lowest BCUT2D eigenvalue weighted by Gasteiger charge is -2.03. The molecule has 0 bridgehead atoms. The Bertz CT molecular complexity index is 936. The van der Waals surface area contributed by atoms with Crippen molar-refractivity contribution in [1.82, 2.24) is 4.98 Å². The number of aromatic nitrogens is 1. The van der Waals surface area contributed by atoms with Crippen molar-refractivity contribution >= 4 is 44.0 Å². The molecule has 0 fully saturated rings. The molecule has 0 spiro atoms. The SMILES string of the molecule is Cc1ccc2nc(NC(=O)c3ccc(N)c([N+](=O)[O-])c3)sc2c1. The molecule has 1 aromatic heterocycles. The fourth-order valence-corrected chi connectivity index (χ4v) is 3.06. The number of nitrogens with zero attached hydrogens (tertiary/aromatic N) is 2. The molecule has 0 saturated carbocycles. The van der Waals surface area contributed by atoms with E-state index in [1.165, 1.54) is 23.5 Å². The standard InChI is InChI=1S/C15H12N4O3S/c1-8-2-5-11-13(6-8)23-15(17-11)18-14(20)9-3-4-10(16)12(7-9)19(21)22/h2-7H,16H2,1H3,(H,17,18,20). The highest BCUT2D eigenvalue weighted by Gasteiger charge is 2.16. The Balaban J connectivity index is 1.88. The Hall–Kier alpha value is -3.00. The van der Waals surface area contributed by atoms with Crippen LogP contribution in [-0.2, 0) is 0 Å². The van der Waals surface area contributed by atoms with Crippen molar-refractivity contribution in [1.29, 1.82) is 0 Å². The summed E-state index contributed by atoms with van der Waals surface area (Å²) >= 11 is 1.35. The second kappa shape index (κ2) is 5.65. The molecule has 3 N–H and O–H groups in total. The molecule has 7 nitrogen and oxygen atoms in total. The monoisotopic (exact) mass is 328 g/mol. The number of carbonyl (C=O) groups excluding carboxylic acids is 1. The molecule has 0 aliphatic heterocycles. The lowest BCUT2D eigenvalue weighted by molar-refractivity contribution is -0.383. The van der Waals surface area contributed by atoms with Gasteiger partial charge in [0.05, 0.1) is 15.1 Å². The van der Waals surface area contributed by atoms with Gasteiger partial charge in [-0.15, -0.1) is 0 Å². The summed E-state index contributed by atoms with van der Waals surface area (Å²) in [6.07, 6.45) is 0. The molecule has 0 atom stereocenters. The summed E-state index contributed by atoms with van der Waals surface area (Å²) < 4.78 is 0.962. The van der Waals surface area contributed by atoms with Crippen LogP contribution in [0.15, 0.2) is 36.4 Å². The lowest BCUT2D eigenvalue weighted by atomic mass is 10.1. The summed E-state index contributed by atoms with van der Waals surface area (Å²) in [5, 5.41) is 14.0. The van der Waals surface area contributed by atoms with Crippen molar-refractivity contribution in [2.75, 3.05) is 11.1 Å². The molecule has 0 radical (unpaired) electrons. The van der Waals surface area contributed by atoms with Gasteiger partial charge in [0.2, 0.25) is 0 Å². The van der Waals surface area contributed by atoms with Gasteiger partial charge in [-0.2, -0.15) is 0 Å². The maximum absolute atomic E-state index is 12.2. The van der Waals surface area contributed by atoms with Crippen LogP contribution in [0.1, 0.15) is 15.9 Å². The number of hydrogen-bond acceptors (Lipinski definition) is 6. The zero-order chi connectivity index (χ0) is 16.6. The maximum atomic E-state index is 12.2. The number of benzene rings is 2. The van der Waals surface area contributed by atoms with E-state index in [1.807, 2.05) is 25.1 Å². The van der Waals surface area contributed by atoms with Gasteiger partial charge in [0.15, 0.2) is 5.13 Å². The number of aryl methyl sites for hydroxylation is 1. The van der Waals surface area contributed by atoms with E-state index in [1.54, 1.807) is 0 Å². The molecule has 1 amide bonds. The summed E-state index contributed by atoms with van der Waals surface area (Å²) in [4.78, 5) is 26.8. The number of rotatable bonds is 3. The summed E-state index contributed by atoms with van der Waals surface area (Å²) in [6.45, 7) is 1.98. The quantitative estimate of drug-likeness (QED) is 0.435. The van der Waals surface area contributed by atoms with Crippen LogP contribution in [0, 0.1) is 17.0 Å². The zero-order valence-corrected chi connectivity index (χ0v) is 12.9. The van der Waals surface area contributed by atoms with Crippen molar-refractivity contribution in [3.05, 3.63) is 57.6 Å². The fraction of sp³-hybridized carbons (Fsp3) is 0.0667. The Morgan fingerprint density at radius 1 is 1.30 bits per heavy atom. The first kappa shape index (κ1) is 14.9. The number of nitrogen functional groups attached to an aromatic ring is 1. The largest absolute Gasteiger partial charge is 0.393 e. The van der Waals surface area contributed by atoms with E-state index in [4.69, 9.17) is 5.73 Å². The molecule has 1 heterocycles. The third kappa shape index (κ3) is 2.97. The van der Waals surface area contributed by atoms with E-state index in [9.17, 15) is 14.9 Å². The van der Waals surface area contributed by atoms with Crippen molar-refractivity contribution < 1.29 is 9.72 Å². The van der Waals surface area contributed by atoms with Crippen LogP contribution < -0.4 is 11.1 Å². The summed E-state index contributed by atoms with van der Waals surface area (Å²) in [5.41, 5.74) is 7.30. The zero-order valence-electron chi connectivity index (χ0n) is 12.1. The minimum atomic E-state index is -0.618. The Kier molecular flexibility index (Phi) is 3.67. The molecule has 0 aliphatic rings. The van der Waals surface area contributed by atoms with Crippen LogP contribution in [0.25, 0.3) is 10.2 Å². The molecular weight excluding hydrogens is 316 g/mol. The third-order valence-electron chi connectivity index (χ3n) is 3.25. The normalized spacial score (nSPS) is 10.7. The maximum Gasteiger partial charge on any atom is 0.292 e. The van der Waals surface area contributed by atoms with Gasteiger partial charge in [-0.3, -0.25) is 20.2 Å². The average molecular weight is 328 g/mol. The predicted octanol–water partition coefficient (Wildman–Crippen LogP) is 3.35. The van der Waals surface area contributed by atoms with Gasteiger partial charge in [-0.25, -0.2) is 4.98 Å². The number of carbonyl (C=O) groups is 1. The van der Waals surface area contributed by atoms with Crippen LogP contribution in [0.2, 0.25) is 0 Å². The van der Waals surface area contributed by atoms with E-state index in [-0.39, 0.29) is 16.9 Å². The first-order chi connectivity index (χ1) is 10.9. The summed E-state index contributed by atoms with van der Waals surface area (Å²) in [7, 11) is 0. The highest BCUT2D eigenvalue weighted by molar-refractivity contribution is 7.22. The molecule has 0 unspecified atom stereocenters. The molecule has 23 heavy (non-hydrogen) atoms. The van der Waals surface area contributed by atoms with Gasteiger partial charge in [-0.05, 0) is 36.8 Å². The van der Waals surface area contributed by atoms with Crippen LogP contribution >= 0.6 is 11.3 Å². The van der Waals surface area contributed by atoms with Crippen molar-refractivity contribution in [3.8, 4) is 0 Å². The number of anilines is 2. The number of fused-ring (bicyclic) bond motifs is 1. The van der Waals surface area contributed by atoms with E-state index < -0.39 is 10.8 Å². The molecule has 3 rings (SSSR count). The Morgan fingerprint density at radius 2 is 2.09 bits per heavy atom. The number of nitrogens with two attached hydrogens (primary N) is 1. The first-order valence-electron chi connectivity index (χ1n) is 6.66. The van der Waals surface area contributed by atoms with E-state index in [0.717, 1.165) is 21.8 Å². The molecule has 0 aliphatic carbocycles. The molecule has 0 saturated heterocycles. The van der Waals surface area contributed by atoms with Crippen molar-refractivity contribution in [2.24, 2.45) is 0 Å². The van der Waals surface area contributed by atoms with Crippen LogP contribution in [0.3, 0.4) is 0 Å². The van der Waals surface area contributed by atoms with E-state index in [2.05, 4.69) is 10.3 Å². The number of thiazole rings is 1. The average Bonchev–Trinajstić information content (AvgIpc) is 2.88. The van der Waals surface area contributed by atoms with Crippen LogP contribution in [0.5, 0.6) is 0 Å². The van der Waals surface area contributed by atoms with Gasteiger partial charge in [0.1, 0.15) is 5.69 Å². The van der Waals surface area contributed by atoms with Gasteiger partial charge in [-0.1, -0.05) is 17.4 Å².